The lowest BCUT2D eigenvalue weighted by molar-refractivity contribution is -0.124. The zero-order valence-electron chi connectivity index (χ0n) is 8.61. The smallest absolute Gasteiger partial charge is 0.224 e. The number of carbonyl (C=O) groups is 1. The quantitative estimate of drug-likeness (QED) is 0.618. The van der Waals surface area contributed by atoms with E-state index in [2.05, 4.69) is 5.32 Å². The predicted molar refractivity (Wildman–Crippen MR) is 56.1 cm³/mol. The monoisotopic (exact) mass is 235 g/mol. The third-order valence-corrected chi connectivity index (χ3v) is 4.26. The van der Waals surface area contributed by atoms with E-state index in [9.17, 15) is 13.2 Å². The third kappa shape index (κ3) is 4.17. The molecule has 88 valence electrons. The molecule has 1 unspecified atom stereocenters. The van der Waals surface area contributed by atoms with E-state index >= 15 is 0 Å². The van der Waals surface area contributed by atoms with E-state index < -0.39 is 9.84 Å². The van der Waals surface area contributed by atoms with Crippen LogP contribution in [-0.4, -0.2) is 44.1 Å². The molecule has 1 saturated heterocycles. The second-order valence-corrected chi connectivity index (χ2v) is 6.05. The Morgan fingerprint density at radius 2 is 2.13 bits per heavy atom. The lowest BCUT2D eigenvalue weighted by Gasteiger charge is -2.08. The number of carbonyl (C=O) groups excluding carboxylic acids is 1. The first-order valence-electron chi connectivity index (χ1n) is 5.14. The Bertz CT molecular complexity index is 312. The number of sulfone groups is 1. The van der Waals surface area contributed by atoms with Gasteiger partial charge in [0.1, 0.15) is 0 Å². The molecule has 2 N–H and O–H groups in total. The summed E-state index contributed by atoms with van der Waals surface area (Å²) in [5, 5.41) is 11.2. The van der Waals surface area contributed by atoms with Gasteiger partial charge in [0.2, 0.25) is 5.91 Å². The summed E-state index contributed by atoms with van der Waals surface area (Å²) in [6.45, 7) is 0.629. The number of nitrogens with one attached hydrogen (secondary N) is 1. The molecule has 1 aliphatic rings. The van der Waals surface area contributed by atoms with Crippen LogP contribution in [0.1, 0.15) is 19.3 Å². The van der Waals surface area contributed by atoms with E-state index in [1.165, 1.54) is 0 Å². The van der Waals surface area contributed by atoms with Crippen molar-refractivity contribution in [2.45, 2.75) is 19.3 Å². The summed E-state index contributed by atoms with van der Waals surface area (Å²) >= 11 is 0. The van der Waals surface area contributed by atoms with Gasteiger partial charge in [0.25, 0.3) is 0 Å². The summed E-state index contributed by atoms with van der Waals surface area (Å²) < 4.78 is 22.2. The van der Waals surface area contributed by atoms with Gasteiger partial charge in [0.05, 0.1) is 17.4 Å². The predicted octanol–water partition coefficient (Wildman–Crippen LogP) is -0.690. The van der Waals surface area contributed by atoms with Gasteiger partial charge in [-0.25, -0.2) is 8.42 Å². The van der Waals surface area contributed by atoms with Crippen molar-refractivity contribution in [1.82, 2.24) is 5.32 Å². The van der Waals surface area contributed by atoms with Crippen molar-refractivity contribution < 1.29 is 18.3 Å². The van der Waals surface area contributed by atoms with Gasteiger partial charge >= 0.3 is 0 Å². The van der Waals surface area contributed by atoms with Crippen LogP contribution < -0.4 is 5.32 Å². The molecule has 0 radical (unpaired) electrons. The van der Waals surface area contributed by atoms with E-state index in [1.807, 2.05) is 0 Å². The number of aliphatic hydroxyl groups excluding tert-OH is 1. The van der Waals surface area contributed by atoms with E-state index in [0.29, 0.717) is 19.4 Å². The van der Waals surface area contributed by atoms with E-state index in [1.54, 1.807) is 0 Å². The van der Waals surface area contributed by atoms with Crippen molar-refractivity contribution in [3.8, 4) is 0 Å². The Labute approximate surface area is 89.8 Å². The second-order valence-electron chi connectivity index (χ2n) is 3.82. The van der Waals surface area contributed by atoms with Crippen molar-refractivity contribution in [2.75, 3.05) is 24.7 Å². The molecule has 0 bridgehead atoms. The molecule has 5 nitrogen and oxygen atoms in total. The summed E-state index contributed by atoms with van der Waals surface area (Å²) in [7, 11) is -2.98. The topological polar surface area (TPSA) is 83.5 Å². The maximum Gasteiger partial charge on any atom is 0.224 e. The summed E-state index contributed by atoms with van der Waals surface area (Å²) in [5.74, 6) is -0.432. The molecule has 1 atom stereocenters. The van der Waals surface area contributed by atoms with Crippen LogP contribution in [0.3, 0.4) is 0 Å². The Morgan fingerprint density at radius 3 is 2.67 bits per heavy atom. The van der Waals surface area contributed by atoms with Crippen LogP contribution in [0.2, 0.25) is 0 Å². The second kappa shape index (κ2) is 5.46. The van der Waals surface area contributed by atoms with Crippen molar-refractivity contribution in [3.63, 3.8) is 0 Å². The first kappa shape index (κ1) is 12.4. The van der Waals surface area contributed by atoms with Crippen LogP contribution in [0, 0.1) is 5.92 Å². The highest BCUT2D eigenvalue weighted by Gasteiger charge is 2.32. The number of rotatable bonds is 5. The van der Waals surface area contributed by atoms with Gasteiger partial charge in [-0.3, -0.25) is 4.79 Å². The molecule has 1 rings (SSSR count). The van der Waals surface area contributed by atoms with Gasteiger partial charge in [-0.05, 0) is 19.3 Å². The van der Waals surface area contributed by atoms with Gasteiger partial charge in [-0.2, -0.15) is 0 Å². The normalized spacial score (nSPS) is 23.9. The van der Waals surface area contributed by atoms with Crippen molar-refractivity contribution in [1.29, 1.82) is 0 Å². The number of hydrogen-bond donors (Lipinski definition) is 2. The SMILES string of the molecule is O=C(NCCCCO)C1CCS(=O)(=O)C1. The van der Waals surface area contributed by atoms with Crippen molar-refractivity contribution >= 4 is 15.7 Å². The Hall–Kier alpha value is -0.620. The summed E-state index contributed by atoms with van der Waals surface area (Å²) in [4.78, 5) is 11.5. The highest BCUT2D eigenvalue weighted by atomic mass is 32.2. The maximum atomic E-state index is 11.5. The number of amides is 1. The third-order valence-electron chi connectivity index (χ3n) is 2.49. The fourth-order valence-corrected chi connectivity index (χ4v) is 3.34. The fourth-order valence-electron chi connectivity index (χ4n) is 1.59. The highest BCUT2D eigenvalue weighted by Crippen LogP contribution is 2.18. The first-order chi connectivity index (χ1) is 7.05. The molecule has 15 heavy (non-hydrogen) atoms. The molecule has 0 saturated carbocycles. The first-order valence-corrected chi connectivity index (χ1v) is 6.96. The molecule has 1 fully saturated rings. The lowest BCUT2D eigenvalue weighted by Crippen LogP contribution is -2.32. The number of aliphatic hydroxyl groups is 1. The molecule has 0 aromatic rings. The average Bonchev–Trinajstić information content (AvgIpc) is 2.53. The van der Waals surface area contributed by atoms with Crippen LogP contribution in [0.15, 0.2) is 0 Å². The number of unbranched alkanes of at least 4 members (excludes halogenated alkanes) is 1. The van der Waals surface area contributed by atoms with Crippen LogP contribution in [-0.2, 0) is 14.6 Å². The molecular weight excluding hydrogens is 218 g/mol. The van der Waals surface area contributed by atoms with Crippen LogP contribution >= 0.6 is 0 Å². The number of hydrogen-bond acceptors (Lipinski definition) is 4. The maximum absolute atomic E-state index is 11.5. The van der Waals surface area contributed by atoms with Crippen molar-refractivity contribution in [2.24, 2.45) is 5.92 Å². The molecule has 1 heterocycles. The highest BCUT2D eigenvalue weighted by molar-refractivity contribution is 7.91. The Kier molecular flexibility index (Phi) is 4.53. The standard InChI is InChI=1S/C9H17NO4S/c11-5-2-1-4-10-9(12)8-3-6-15(13,14)7-8/h8,11H,1-7H2,(H,10,12). The molecule has 0 aromatic carbocycles. The Morgan fingerprint density at radius 1 is 1.40 bits per heavy atom. The summed E-state index contributed by atoms with van der Waals surface area (Å²) in [6, 6.07) is 0. The van der Waals surface area contributed by atoms with Crippen LogP contribution in [0.25, 0.3) is 0 Å². The summed E-state index contributed by atoms with van der Waals surface area (Å²) in [5.41, 5.74) is 0. The minimum absolute atomic E-state index is 0.0150. The molecule has 6 heteroatoms. The van der Waals surface area contributed by atoms with Crippen LogP contribution in [0.4, 0.5) is 0 Å². The molecule has 0 spiro atoms. The molecule has 0 aromatic heterocycles. The largest absolute Gasteiger partial charge is 0.396 e. The zero-order valence-corrected chi connectivity index (χ0v) is 9.42. The minimum Gasteiger partial charge on any atom is -0.396 e. The van der Waals surface area contributed by atoms with Gasteiger partial charge in [0.15, 0.2) is 9.84 Å². The van der Waals surface area contributed by atoms with Crippen LogP contribution in [0.5, 0.6) is 0 Å². The molecule has 0 aliphatic carbocycles. The Balaban J connectivity index is 2.24. The van der Waals surface area contributed by atoms with E-state index in [0.717, 1.165) is 6.42 Å². The fraction of sp³-hybridized carbons (Fsp3) is 0.889. The van der Waals surface area contributed by atoms with Gasteiger partial charge < -0.3 is 10.4 Å². The molecule has 1 aliphatic heterocycles. The van der Waals surface area contributed by atoms with Gasteiger partial charge in [-0.1, -0.05) is 0 Å². The van der Waals surface area contributed by atoms with Crippen molar-refractivity contribution in [3.05, 3.63) is 0 Å². The molecule has 1 amide bonds. The average molecular weight is 235 g/mol. The minimum atomic E-state index is -2.98. The molecular formula is C9H17NO4S. The van der Waals surface area contributed by atoms with Gasteiger partial charge in [0, 0.05) is 13.2 Å². The van der Waals surface area contributed by atoms with E-state index in [4.69, 9.17) is 5.11 Å². The summed E-state index contributed by atoms with van der Waals surface area (Å²) in [6.07, 6.45) is 1.82. The van der Waals surface area contributed by atoms with Gasteiger partial charge in [-0.15, -0.1) is 0 Å². The zero-order chi connectivity index (χ0) is 11.3. The van der Waals surface area contributed by atoms with E-state index in [-0.39, 0.29) is 29.9 Å². The lowest BCUT2D eigenvalue weighted by atomic mass is 10.1.